The predicted octanol–water partition coefficient (Wildman–Crippen LogP) is 3.64. The molecule has 0 aliphatic carbocycles. The van der Waals surface area contributed by atoms with E-state index < -0.39 is 0 Å². The molecule has 134 valence electrons. The van der Waals surface area contributed by atoms with E-state index in [0.717, 1.165) is 45.9 Å². The second-order valence-corrected chi connectivity index (χ2v) is 5.76. The van der Waals surface area contributed by atoms with Crippen LogP contribution in [0.5, 0.6) is 0 Å². The van der Waals surface area contributed by atoms with Crippen molar-refractivity contribution in [3.05, 3.63) is 58.8 Å². The highest BCUT2D eigenvalue weighted by Crippen LogP contribution is 2.16. The predicted molar refractivity (Wildman–Crippen MR) is 108 cm³/mol. The molecule has 7 nitrogen and oxygen atoms in total. The van der Waals surface area contributed by atoms with Crippen LogP contribution < -0.4 is 10.7 Å². The standard InChI is InChI=1S/C19H23N7/c1-13-4-6-18(14(2)24-13)22-12-16(11-21)10-17-5-7-19(15(3)25-17)26-23-9-8-20/h4-9,11-12,20-22,26H,10H2,1-3H3/b16-12+,20-8?,21-11?,23-9-. The zero-order valence-corrected chi connectivity index (χ0v) is 15.2. The van der Waals surface area contributed by atoms with Gasteiger partial charge < -0.3 is 16.1 Å². The molecule has 4 N–H and O–H groups in total. The van der Waals surface area contributed by atoms with Crippen molar-refractivity contribution >= 4 is 30.0 Å². The van der Waals surface area contributed by atoms with Crippen molar-refractivity contribution in [1.29, 1.82) is 10.8 Å². The quantitative estimate of drug-likeness (QED) is 0.431. The Kier molecular flexibility index (Phi) is 6.73. The first-order chi connectivity index (χ1) is 12.5. The lowest BCUT2D eigenvalue weighted by Gasteiger charge is -2.09. The van der Waals surface area contributed by atoms with E-state index in [9.17, 15) is 0 Å². The summed E-state index contributed by atoms with van der Waals surface area (Å²) in [5.74, 6) is 0. The van der Waals surface area contributed by atoms with Crippen molar-refractivity contribution < 1.29 is 0 Å². The maximum absolute atomic E-state index is 7.64. The van der Waals surface area contributed by atoms with E-state index >= 15 is 0 Å². The van der Waals surface area contributed by atoms with Gasteiger partial charge >= 0.3 is 0 Å². The first-order valence-corrected chi connectivity index (χ1v) is 8.18. The molecule has 0 fully saturated rings. The summed E-state index contributed by atoms with van der Waals surface area (Å²) < 4.78 is 0. The van der Waals surface area contributed by atoms with Gasteiger partial charge in [-0.25, -0.2) is 0 Å². The number of nitrogens with zero attached hydrogens (tertiary/aromatic N) is 3. The molecule has 0 saturated heterocycles. The van der Waals surface area contributed by atoms with E-state index in [1.807, 2.05) is 51.2 Å². The Hall–Kier alpha value is -3.35. The maximum Gasteiger partial charge on any atom is 0.0774 e. The van der Waals surface area contributed by atoms with Crippen LogP contribution in [-0.4, -0.2) is 28.6 Å². The van der Waals surface area contributed by atoms with E-state index in [0.29, 0.717) is 6.42 Å². The number of hydrogen-bond donors (Lipinski definition) is 4. The van der Waals surface area contributed by atoms with Gasteiger partial charge in [0.1, 0.15) is 0 Å². The fourth-order valence-corrected chi connectivity index (χ4v) is 2.34. The molecule has 0 bridgehead atoms. The van der Waals surface area contributed by atoms with Crippen molar-refractivity contribution in [3.63, 3.8) is 0 Å². The highest BCUT2D eigenvalue weighted by Gasteiger charge is 2.04. The summed E-state index contributed by atoms with van der Waals surface area (Å²) in [5.41, 5.74) is 8.91. The Balaban J connectivity index is 2.09. The summed E-state index contributed by atoms with van der Waals surface area (Å²) in [6.07, 6.45) is 6.13. The Bertz CT molecular complexity index is 853. The largest absolute Gasteiger partial charge is 0.360 e. The minimum absolute atomic E-state index is 0.541. The van der Waals surface area contributed by atoms with Crippen molar-refractivity contribution in [3.8, 4) is 0 Å². The van der Waals surface area contributed by atoms with Gasteiger partial charge in [-0.15, -0.1) is 0 Å². The zero-order chi connectivity index (χ0) is 18.9. The van der Waals surface area contributed by atoms with Crippen LogP contribution in [-0.2, 0) is 6.42 Å². The Labute approximate surface area is 153 Å². The van der Waals surface area contributed by atoms with Crippen molar-refractivity contribution in [2.24, 2.45) is 5.10 Å². The lowest BCUT2D eigenvalue weighted by Crippen LogP contribution is -2.02. The second kappa shape index (κ2) is 9.22. The number of pyridine rings is 2. The van der Waals surface area contributed by atoms with Gasteiger partial charge in [-0.1, -0.05) is 0 Å². The molecule has 7 heteroatoms. The van der Waals surface area contributed by atoms with Crippen LogP contribution in [0.1, 0.15) is 22.8 Å². The molecule has 2 aromatic heterocycles. The van der Waals surface area contributed by atoms with E-state index in [4.69, 9.17) is 10.8 Å². The number of aromatic nitrogens is 2. The summed E-state index contributed by atoms with van der Waals surface area (Å²) in [5, 5.41) is 21.7. The van der Waals surface area contributed by atoms with Gasteiger partial charge in [0.05, 0.1) is 29.0 Å². The average Bonchev–Trinajstić information content (AvgIpc) is 2.61. The van der Waals surface area contributed by atoms with Crippen molar-refractivity contribution in [1.82, 2.24) is 9.97 Å². The molecule has 0 radical (unpaired) electrons. The van der Waals surface area contributed by atoms with Crippen LogP contribution >= 0.6 is 0 Å². The number of rotatable bonds is 8. The first kappa shape index (κ1) is 19.0. The van der Waals surface area contributed by atoms with Crippen LogP contribution in [0.3, 0.4) is 0 Å². The van der Waals surface area contributed by atoms with Crippen LogP contribution in [0.4, 0.5) is 11.4 Å². The number of nitrogens with one attached hydrogen (secondary N) is 4. The van der Waals surface area contributed by atoms with Crippen molar-refractivity contribution in [2.75, 3.05) is 10.7 Å². The maximum atomic E-state index is 7.64. The molecule has 0 amide bonds. The number of hydrazone groups is 1. The summed E-state index contributed by atoms with van der Waals surface area (Å²) in [7, 11) is 0. The third-order valence-corrected chi connectivity index (χ3v) is 3.69. The topological polar surface area (TPSA) is 110 Å². The van der Waals surface area contributed by atoms with Gasteiger partial charge in [0, 0.05) is 36.4 Å². The van der Waals surface area contributed by atoms with Gasteiger partial charge in [-0.3, -0.25) is 15.4 Å². The van der Waals surface area contributed by atoms with Crippen LogP contribution in [0, 0.1) is 31.6 Å². The molecular weight excluding hydrogens is 326 g/mol. The summed E-state index contributed by atoms with van der Waals surface area (Å²) >= 11 is 0. The molecule has 2 rings (SSSR count). The van der Waals surface area contributed by atoms with E-state index in [1.54, 1.807) is 0 Å². The second-order valence-electron chi connectivity index (χ2n) is 5.76. The number of allylic oxidation sites excluding steroid dienone is 1. The van der Waals surface area contributed by atoms with Crippen LogP contribution in [0.25, 0.3) is 0 Å². The van der Waals surface area contributed by atoms with Crippen LogP contribution in [0.2, 0.25) is 0 Å². The summed E-state index contributed by atoms with van der Waals surface area (Å²) in [6, 6.07) is 7.71. The molecule has 0 aliphatic rings. The third-order valence-electron chi connectivity index (χ3n) is 3.69. The molecule has 2 aromatic rings. The number of anilines is 2. The van der Waals surface area contributed by atoms with Gasteiger partial charge in [-0.05, 0) is 50.6 Å². The van der Waals surface area contributed by atoms with E-state index in [-0.39, 0.29) is 0 Å². The zero-order valence-electron chi connectivity index (χ0n) is 15.2. The number of aryl methyl sites for hydroxylation is 3. The Morgan fingerprint density at radius 1 is 1.04 bits per heavy atom. The smallest absolute Gasteiger partial charge is 0.0774 e. The minimum atomic E-state index is 0.541. The SMILES string of the molecule is Cc1ccc(N/C=C(/C=N)Cc2ccc(N/N=C\C=N)c(C)n2)c(C)n1. The van der Waals surface area contributed by atoms with Gasteiger partial charge in [0.2, 0.25) is 0 Å². The third kappa shape index (κ3) is 5.34. The molecular formula is C19H23N7. The molecule has 0 atom stereocenters. The molecule has 26 heavy (non-hydrogen) atoms. The number of hydrogen-bond acceptors (Lipinski definition) is 7. The lowest BCUT2D eigenvalue weighted by molar-refractivity contribution is 1.04. The van der Waals surface area contributed by atoms with Crippen LogP contribution in [0.15, 0.2) is 41.1 Å². The Morgan fingerprint density at radius 3 is 2.42 bits per heavy atom. The molecule has 0 unspecified atom stereocenters. The highest BCUT2D eigenvalue weighted by molar-refractivity contribution is 6.14. The summed E-state index contributed by atoms with van der Waals surface area (Å²) in [4.78, 5) is 8.97. The highest BCUT2D eigenvalue weighted by atomic mass is 15.3. The average molecular weight is 349 g/mol. The molecule has 2 heterocycles. The minimum Gasteiger partial charge on any atom is -0.360 e. The normalized spacial score (nSPS) is 11.4. The monoisotopic (exact) mass is 349 g/mol. The summed E-state index contributed by atoms with van der Waals surface area (Å²) in [6.45, 7) is 5.79. The first-order valence-electron chi connectivity index (χ1n) is 8.18. The molecule has 0 spiro atoms. The van der Waals surface area contributed by atoms with E-state index in [2.05, 4.69) is 25.8 Å². The fourth-order valence-electron chi connectivity index (χ4n) is 2.34. The fraction of sp³-hybridized carbons (Fsp3) is 0.211. The van der Waals surface area contributed by atoms with Gasteiger partial charge in [-0.2, -0.15) is 5.10 Å². The van der Waals surface area contributed by atoms with Crippen molar-refractivity contribution in [2.45, 2.75) is 27.2 Å². The molecule has 0 saturated carbocycles. The van der Waals surface area contributed by atoms with Gasteiger partial charge in [0.25, 0.3) is 0 Å². The molecule has 0 aromatic carbocycles. The van der Waals surface area contributed by atoms with Gasteiger partial charge in [0.15, 0.2) is 0 Å². The van der Waals surface area contributed by atoms with E-state index in [1.165, 1.54) is 12.4 Å². The Morgan fingerprint density at radius 2 is 1.77 bits per heavy atom. The molecule has 0 aliphatic heterocycles. The lowest BCUT2D eigenvalue weighted by atomic mass is 10.1.